The fraction of sp³-hybridized carbons (Fsp3) is 0.545. The van der Waals surface area contributed by atoms with Crippen LogP contribution in [0.15, 0.2) is 17.5 Å². The van der Waals surface area contributed by atoms with E-state index in [2.05, 4.69) is 4.90 Å². The number of nitrogens with zero attached hydrogens (tertiary/aromatic N) is 1. The molecule has 4 heteroatoms. The molecule has 0 bridgehead atoms. The van der Waals surface area contributed by atoms with Gasteiger partial charge in [0.2, 0.25) is 0 Å². The summed E-state index contributed by atoms with van der Waals surface area (Å²) in [5.74, 6) is -0.175. The van der Waals surface area contributed by atoms with Gasteiger partial charge in [0.15, 0.2) is 0 Å². The lowest BCUT2D eigenvalue weighted by Crippen LogP contribution is -2.37. The molecule has 0 N–H and O–H groups in total. The van der Waals surface area contributed by atoms with Gasteiger partial charge in [-0.05, 0) is 31.4 Å². The van der Waals surface area contributed by atoms with Gasteiger partial charge in [0, 0.05) is 13.6 Å². The summed E-state index contributed by atoms with van der Waals surface area (Å²) in [5, 5.41) is 3.18. The van der Waals surface area contributed by atoms with Crippen molar-refractivity contribution in [3.8, 4) is 0 Å². The summed E-state index contributed by atoms with van der Waals surface area (Å²) in [5.41, 5.74) is -0.479. The molecule has 0 aromatic carbocycles. The molecule has 1 heterocycles. The van der Waals surface area contributed by atoms with Crippen molar-refractivity contribution in [3.05, 3.63) is 17.5 Å². The Morgan fingerprint density at radius 1 is 1.60 bits per heavy atom. The van der Waals surface area contributed by atoms with Crippen molar-refractivity contribution in [3.63, 3.8) is 0 Å². The Labute approximate surface area is 94.7 Å². The Hall–Kier alpha value is -1.03. The van der Waals surface area contributed by atoms with Crippen molar-refractivity contribution in [2.24, 2.45) is 5.41 Å². The van der Waals surface area contributed by atoms with Crippen LogP contribution in [0.1, 0.15) is 13.8 Å². The van der Waals surface area contributed by atoms with E-state index in [0.717, 1.165) is 5.00 Å². The lowest BCUT2D eigenvalue weighted by molar-refractivity contribution is -0.150. The zero-order valence-corrected chi connectivity index (χ0v) is 10.4. The maximum absolute atomic E-state index is 11.5. The van der Waals surface area contributed by atoms with Crippen molar-refractivity contribution < 1.29 is 9.53 Å². The monoisotopic (exact) mass is 227 g/mol. The summed E-state index contributed by atoms with van der Waals surface area (Å²) in [7, 11) is 3.41. The number of thiophene rings is 1. The van der Waals surface area contributed by atoms with Crippen LogP contribution < -0.4 is 4.90 Å². The zero-order chi connectivity index (χ0) is 11.5. The second-order valence-electron chi connectivity index (χ2n) is 4.18. The van der Waals surface area contributed by atoms with E-state index in [1.807, 2.05) is 38.4 Å². The van der Waals surface area contributed by atoms with Gasteiger partial charge >= 0.3 is 5.97 Å². The molecule has 0 amide bonds. The molecule has 0 atom stereocenters. The first-order valence-corrected chi connectivity index (χ1v) is 5.68. The summed E-state index contributed by atoms with van der Waals surface area (Å²) >= 11 is 1.66. The van der Waals surface area contributed by atoms with Crippen LogP contribution in [0.5, 0.6) is 0 Å². The molecule has 0 fully saturated rings. The van der Waals surface area contributed by atoms with E-state index in [1.54, 1.807) is 11.3 Å². The number of carbonyl (C=O) groups is 1. The average molecular weight is 227 g/mol. The van der Waals surface area contributed by atoms with Gasteiger partial charge < -0.3 is 9.64 Å². The predicted octanol–water partition coefficient (Wildman–Crippen LogP) is 2.38. The van der Waals surface area contributed by atoms with Gasteiger partial charge in [-0.1, -0.05) is 0 Å². The Morgan fingerprint density at radius 2 is 2.27 bits per heavy atom. The fourth-order valence-corrected chi connectivity index (χ4v) is 2.20. The summed E-state index contributed by atoms with van der Waals surface area (Å²) in [6.45, 7) is 4.44. The second-order valence-corrected chi connectivity index (χ2v) is 5.11. The summed E-state index contributed by atoms with van der Waals surface area (Å²) in [6, 6.07) is 4.04. The number of hydrogen-bond donors (Lipinski definition) is 0. The number of methoxy groups -OCH3 is 1. The SMILES string of the molecule is COC(=O)C(C)(C)CN(C)c1cccs1. The van der Waals surface area contributed by atoms with E-state index in [9.17, 15) is 4.79 Å². The highest BCUT2D eigenvalue weighted by Crippen LogP contribution is 2.25. The first-order valence-electron chi connectivity index (χ1n) is 4.80. The van der Waals surface area contributed by atoms with Crippen LogP contribution in [-0.2, 0) is 9.53 Å². The third-order valence-corrected chi connectivity index (χ3v) is 3.24. The molecule has 1 rings (SSSR count). The van der Waals surface area contributed by atoms with Gasteiger partial charge in [-0.15, -0.1) is 11.3 Å². The maximum atomic E-state index is 11.5. The second kappa shape index (κ2) is 4.66. The average Bonchev–Trinajstić information content (AvgIpc) is 2.68. The zero-order valence-electron chi connectivity index (χ0n) is 9.61. The van der Waals surface area contributed by atoms with E-state index in [0.29, 0.717) is 6.54 Å². The van der Waals surface area contributed by atoms with Crippen molar-refractivity contribution in [2.75, 3.05) is 25.6 Å². The number of ether oxygens (including phenoxy) is 1. The standard InChI is InChI=1S/C11H17NO2S/c1-11(2,10(13)14-4)8-12(3)9-6-5-7-15-9/h5-7H,8H2,1-4H3. The van der Waals surface area contributed by atoms with E-state index < -0.39 is 5.41 Å². The quantitative estimate of drug-likeness (QED) is 0.740. The van der Waals surface area contributed by atoms with Crippen LogP contribution in [0.4, 0.5) is 5.00 Å². The molecule has 0 aliphatic heterocycles. The first kappa shape index (κ1) is 12.0. The highest BCUT2D eigenvalue weighted by Gasteiger charge is 2.30. The number of anilines is 1. The molecular formula is C11H17NO2S. The molecule has 15 heavy (non-hydrogen) atoms. The summed E-state index contributed by atoms with van der Waals surface area (Å²) in [6.07, 6.45) is 0. The first-order chi connectivity index (χ1) is 6.97. The molecular weight excluding hydrogens is 210 g/mol. The molecule has 0 aliphatic carbocycles. The van der Waals surface area contributed by atoms with Crippen molar-refractivity contribution in [2.45, 2.75) is 13.8 Å². The minimum absolute atomic E-state index is 0.175. The van der Waals surface area contributed by atoms with E-state index in [4.69, 9.17) is 4.74 Å². The van der Waals surface area contributed by atoms with Gasteiger partial charge in [-0.2, -0.15) is 0 Å². The lowest BCUT2D eigenvalue weighted by atomic mass is 9.93. The van der Waals surface area contributed by atoms with Crippen LogP contribution in [0.3, 0.4) is 0 Å². The molecule has 0 unspecified atom stereocenters. The van der Waals surface area contributed by atoms with Crippen LogP contribution in [0, 0.1) is 5.41 Å². The predicted molar refractivity (Wildman–Crippen MR) is 63.4 cm³/mol. The molecule has 84 valence electrons. The molecule has 3 nitrogen and oxygen atoms in total. The molecule has 0 saturated heterocycles. The van der Waals surface area contributed by atoms with Gasteiger partial charge in [-0.3, -0.25) is 4.79 Å². The minimum atomic E-state index is -0.479. The molecule has 0 spiro atoms. The van der Waals surface area contributed by atoms with Crippen LogP contribution in [0.25, 0.3) is 0 Å². The number of rotatable bonds is 4. The van der Waals surface area contributed by atoms with Gasteiger partial charge in [-0.25, -0.2) is 0 Å². The van der Waals surface area contributed by atoms with Crippen LogP contribution in [-0.4, -0.2) is 26.7 Å². The Kier molecular flexibility index (Phi) is 3.74. The fourth-order valence-electron chi connectivity index (χ4n) is 1.50. The topological polar surface area (TPSA) is 29.5 Å². The highest BCUT2D eigenvalue weighted by molar-refractivity contribution is 7.14. The smallest absolute Gasteiger partial charge is 0.313 e. The maximum Gasteiger partial charge on any atom is 0.313 e. The molecule has 0 radical (unpaired) electrons. The summed E-state index contributed by atoms with van der Waals surface area (Å²) < 4.78 is 4.77. The normalized spacial score (nSPS) is 11.2. The van der Waals surface area contributed by atoms with E-state index in [-0.39, 0.29) is 5.97 Å². The number of hydrogen-bond acceptors (Lipinski definition) is 4. The number of esters is 1. The molecule has 1 aromatic rings. The highest BCUT2D eigenvalue weighted by atomic mass is 32.1. The van der Waals surface area contributed by atoms with Gasteiger partial charge in [0.05, 0.1) is 17.5 Å². The van der Waals surface area contributed by atoms with Crippen LogP contribution >= 0.6 is 11.3 Å². The minimum Gasteiger partial charge on any atom is -0.469 e. The van der Waals surface area contributed by atoms with Crippen molar-refractivity contribution in [1.29, 1.82) is 0 Å². The lowest BCUT2D eigenvalue weighted by Gasteiger charge is -2.28. The van der Waals surface area contributed by atoms with Gasteiger partial charge in [0.1, 0.15) is 0 Å². The van der Waals surface area contributed by atoms with Gasteiger partial charge in [0.25, 0.3) is 0 Å². The summed E-state index contributed by atoms with van der Waals surface area (Å²) in [4.78, 5) is 13.6. The van der Waals surface area contributed by atoms with E-state index >= 15 is 0 Å². The molecule has 0 saturated carbocycles. The molecule has 1 aromatic heterocycles. The van der Waals surface area contributed by atoms with E-state index in [1.165, 1.54) is 7.11 Å². The third kappa shape index (κ3) is 2.96. The largest absolute Gasteiger partial charge is 0.469 e. The Morgan fingerprint density at radius 3 is 2.73 bits per heavy atom. The van der Waals surface area contributed by atoms with Crippen LogP contribution in [0.2, 0.25) is 0 Å². The third-order valence-electron chi connectivity index (χ3n) is 2.25. The number of carbonyl (C=O) groups excluding carboxylic acids is 1. The Bertz CT molecular complexity index is 319. The van der Waals surface area contributed by atoms with Crippen molar-refractivity contribution >= 4 is 22.3 Å². The van der Waals surface area contributed by atoms with Crippen molar-refractivity contribution in [1.82, 2.24) is 0 Å². The Balaban J connectivity index is 2.65. The molecule has 0 aliphatic rings.